The Morgan fingerprint density at radius 1 is 1.40 bits per heavy atom. The average Bonchev–Trinajstić information content (AvgIpc) is 2.45. The third-order valence-electron chi connectivity index (χ3n) is 3.13. The molecule has 1 aromatic carbocycles. The van der Waals surface area contributed by atoms with Gasteiger partial charge in [0, 0.05) is 31.1 Å². The fourth-order valence-corrected chi connectivity index (χ4v) is 1.87. The third-order valence-corrected chi connectivity index (χ3v) is 3.13. The van der Waals surface area contributed by atoms with Gasteiger partial charge in [-0.3, -0.25) is 4.79 Å². The molecule has 0 aromatic heterocycles. The van der Waals surface area contributed by atoms with E-state index in [9.17, 15) is 4.79 Å². The van der Waals surface area contributed by atoms with Gasteiger partial charge < -0.3 is 10.0 Å². The molecule has 3 heteroatoms. The van der Waals surface area contributed by atoms with Crippen molar-refractivity contribution in [2.75, 3.05) is 20.2 Å². The highest BCUT2D eigenvalue weighted by Crippen LogP contribution is 2.12. The molecule has 1 rings (SSSR count). The van der Waals surface area contributed by atoms with Gasteiger partial charge >= 0.3 is 0 Å². The predicted octanol–water partition coefficient (Wildman–Crippen LogP) is 2.60. The highest BCUT2D eigenvalue weighted by atomic mass is 16.2. The van der Waals surface area contributed by atoms with E-state index in [1.807, 2.05) is 32.2 Å². The van der Waals surface area contributed by atoms with Gasteiger partial charge in [0.25, 0.3) is 5.91 Å². The maximum absolute atomic E-state index is 12.2. The van der Waals surface area contributed by atoms with Gasteiger partial charge in [0.2, 0.25) is 0 Å². The lowest BCUT2D eigenvalue weighted by atomic mass is 10.0. The lowest BCUT2D eigenvalue weighted by molar-refractivity contribution is 0.0793. The maximum Gasteiger partial charge on any atom is 0.253 e. The van der Waals surface area contributed by atoms with Crippen LogP contribution in [0, 0.1) is 18.8 Å². The zero-order chi connectivity index (χ0) is 15.0. The summed E-state index contributed by atoms with van der Waals surface area (Å²) in [4.78, 5) is 14.0. The van der Waals surface area contributed by atoms with E-state index in [0.29, 0.717) is 12.0 Å². The number of aliphatic hydroxyl groups is 1. The summed E-state index contributed by atoms with van der Waals surface area (Å²) in [6.45, 7) is 4.92. The number of hydrogen-bond acceptors (Lipinski definition) is 2. The molecule has 1 aromatic rings. The normalized spacial score (nSPS) is 9.80. The Bertz CT molecular complexity index is 511. The van der Waals surface area contributed by atoms with Crippen LogP contribution < -0.4 is 0 Å². The summed E-state index contributed by atoms with van der Waals surface area (Å²) in [6.07, 6.45) is 2.57. The molecule has 0 aliphatic carbocycles. The van der Waals surface area contributed by atoms with Crippen LogP contribution in [0.15, 0.2) is 18.2 Å². The van der Waals surface area contributed by atoms with Crippen molar-refractivity contribution in [3.63, 3.8) is 0 Å². The van der Waals surface area contributed by atoms with Crippen LogP contribution in [0.5, 0.6) is 0 Å². The smallest absolute Gasteiger partial charge is 0.253 e. The summed E-state index contributed by atoms with van der Waals surface area (Å²) in [6, 6.07) is 5.58. The summed E-state index contributed by atoms with van der Waals surface area (Å²) in [7, 11) is 1.84. The number of unbranched alkanes of at least 4 members (excludes halogenated alkanes) is 1. The fraction of sp³-hybridized carbons (Fsp3) is 0.471. The molecule has 3 nitrogen and oxygen atoms in total. The Morgan fingerprint density at radius 2 is 2.15 bits per heavy atom. The average molecular weight is 273 g/mol. The molecule has 1 N–H and O–H groups in total. The Morgan fingerprint density at radius 3 is 2.75 bits per heavy atom. The zero-order valence-corrected chi connectivity index (χ0v) is 12.6. The number of nitrogens with zero attached hydrogens (tertiary/aromatic N) is 1. The number of aliphatic hydroxyl groups excluding tert-OH is 1. The number of rotatable bonds is 5. The van der Waals surface area contributed by atoms with Gasteiger partial charge in [0.1, 0.15) is 0 Å². The Hall–Kier alpha value is -1.79. The third kappa shape index (κ3) is 4.71. The summed E-state index contributed by atoms with van der Waals surface area (Å²) in [5, 5.41) is 8.71. The number of hydrogen-bond donors (Lipinski definition) is 1. The number of aryl methyl sites for hydroxylation is 1. The minimum absolute atomic E-state index is 0.0522. The molecule has 0 saturated heterocycles. The molecule has 0 unspecified atom stereocenters. The number of carbonyl (C=O) groups excluding carboxylic acids is 1. The van der Waals surface area contributed by atoms with Crippen molar-refractivity contribution in [2.24, 2.45) is 0 Å². The summed E-state index contributed by atoms with van der Waals surface area (Å²) in [5.74, 6) is 5.96. The molecule has 0 atom stereocenters. The van der Waals surface area contributed by atoms with Crippen LogP contribution in [0.3, 0.4) is 0 Å². The van der Waals surface area contributed by atoms with E-state index < -0.39 is 0 Å². The first-order chi connectivity index (χ1) is 9.60. The predicted molar refractivity (Wildman–Crippen MR) is 81.6 cm³/mol. The van der Waals surface area contributed by atoms with Crippen molar-refractivity contribution in [1.82, 2.24) is 4.90 Å². The van der Waals surface area contributed by atoms with E-state index in [1.165, 1.54) is 0 Å². The standard InChI is InChI=1S/C17H23NO2/c1-4-5-11-18(3)17(20)16-10-9-15(14(2)13-16)8-6-7-12-19/h9-10,13,19H,4-5,7,11-12H2,1-3H3. The Labute approximate surface area is 121 Å². The van der Waals surface area contributed by atoms with Crippen LogP contribution in [0.25, 0.3) is 0 Å². The minimum atomic E-state index is 0.0522. The Balaban J connectivity index is 2.81. The molecular formula is C17H23NO2. The van der Waals surface area contributed by atoms with Gasteiger partial charge in [0.05, 0.1) is 6.61 Å². The van der Waals surface area contributed by atoms with Crippen LogP contribution in [0.1, 0.15) is 47.7 Å². The lowest BCUT2D eigenvalue weighted by Crippen LogP contribution is -2.27. The van der Waals surface area contributed by atoms with Crippen molar-refractivity contribution in [1.29, 1.82) is 0 Å². The number of benzene rings is 1. The van der Waals surface area contributed by atoms with Gasteiger partial charge in [-0.2, -0.15) is 0 Å². The van der Waals surface area contributed by atoms with Crippen molar-refractivity contribution >= 4 is 5.91 Å². The van der Waals surface area contributed by atoms with E-state index in [4.69, 9.17) is 5.11 Å². The first-order valence-corrected chi connectivity index (χ1v) is 7.06. The molecule has 108 valence electrons. The molecule has 0 spiro atoms. The van der Waals surface area contributed by atoms with Crippen LogP contribution in [-0.4, -0.2) is 36.1 Å². The molecule has 0 radical (unpaired) electrons. The van der Waals surface area contributed by atoms with Gasteiger partial charge in [-0.1, -0.05) is 25.2 Å². The van der Waals surface area contributed by atoms with E-state index in [1.54, 1.807) is 4.90 Å². The van der Waals surface area contributed by atoms with Gasteiger partial charge in [-0.15, -0.1) is 0 Å². The minimum Gasteiger partial charge on any atom is -0.395 e. The second-order valence-corrected chi connectivity index (χ2v) is 4.89. The first-order valence-electron chi connectivity index (χ1n) is 7.06. The Kier molecular flexibility index (Phi) is 6.83. The van der Waals surface area contributed by atoms with Gasteiger partial charge in [-0.05, 0) is 37.1 Å². The molecule has 0 saturated carbocycles. The van der Waals surface area contributed by atoms with E-state index in [0.717, 1.165) is 30.5 Å². The summed E-state index contributed by atoms with van der Waals surface area (Å²) < 4.78 is 0. The first kappa shape index (κ1) is 16.3. The molecule has 0 heterocycles. The molecule has 0 bridgehead atoms. The lowest BCUT2D eigenvalue weighted by Gasteiger charge is -2.17. The summed E-state index contributed by atoms with van der Waals surface area (Å²) >= 11 is 0. The maximum atomic E-state index is 12.2. The quantitative estimate of drug-likeness (QED) is 0.838. The number of amides is 1. The second-order valence-electron chi connectivity index (χ2n) is 4.89. The molecule has 1 amide bonds. The highest BCUT2D eigenvalue weighted by Gasteiger charge is 2.11. The van der Waals surface area contributed by atoms with Crippen molar-refractivity contribution in [3.8, 4) is 11.8 Å². The highest BCUT2D eigenvalue weighted by molar-refractivity contribution is 5.94. The molecule has 0 fully saturated rings. The zero-order valence-electron chi connectivity index (χ0n) is 12.6. The summed E-state index contributed by atoms with van der Waals surface area (Å²) in [5.41, 5.74) is 2.60. The molecule has 0 aliphatic heterocycles. The molecule has 20 heavy (non-hydrogen) atoms. The van der Waals surface area contributed by atoms with Crippen molar-refractivity contribution in [2.45, 2.75) is 33.1 Å². The largest absolute Gasteiger partial charge is 0.395 e. The van der Waals surface area contributed by atoms with E-state index in [2.05, 4.69) is 18.8 Å². The van der Waals surface area contributed by atoms with Crippen LogP contribution in [-0.2, 0) is 0 Å². The van der Waals surface area contributed by atoms with E-state index in [-0.39, 0.29) is 12.5 Å². The van der Waals surface area contributed by atoms with Crippen LogP contribution in [0.4, 0.5) is 0 Å². The van der Waals surface area contributed by atoms with Crippen LogP contribution >= 0.6 is 0 Å². The van der Waals surface area contributed by atoms with Crippen molar-refractivity contribution < 1.29 is 9.90 Å². The second kappa shape index (κ2) is 8.39. The monoisotopic (exact) mass is 273 g/mol. The molecule has 0 aliphatic rings. The van der Waals surface area contributed by atoms with Gasteiger partial charge in [-0.25, -0.2) is 0 Å². The van der Waals surface area contributed by atoms with E-state index >= 15 is 0 Å². The topological polar surface area (TPSA) is 40.5 Å². The SMILES string of the molecule is CCCCN(C)C(=O)c1ccc(C#CCCO)c(C)c1. The van der Waals surface area contributed by atoms with Crippen molar-refractivity contribution in [3.05, 3.63) is 34.9 Å². The molecular weight excluding hydrogens is 250 g/mol. The van der Waals surface area contributed by atoms with Gasteiger partial charge in [0.15, 0.2) is 0 Å². The van der Waals surface area contributed by atoms with Crippen LogP contribution in [0.2, 0.25) is 0 Å². The fourth-order valence-electron chi connectivity index (χ4n) is 1.87. The number of carbonyl (C=O) groups is 1.